The number of ether oxygens (including phenoxy) is 1. The van der Waals surface area contributed by atoms with Gasteiger partial charge < -0.3 is 15.4 Å². The highest BCUT2D eigenvalue weighted by Gasteiger charge is 2.05. The molecule has 0 saturated heterocycles. The van der Waals surface area contributed by atoms with Crippen molar-refractivity contribution >= 4 is 11.7 Å². The van der Waals surface area contributed by atoms with Crippen LogP contribution in [0.5, 0.6) is 5.88 Å². The van der Waals surface area contributed by atoms with Crippen LogP contribution in [-0.2, 0) is 11.8 Å². The first kappa shape index (κ1) is 10.4. The Kier molecular flexibility index (Phi) is 3.33. The van der Waals surface area contributed by atoms with Gasteiger partial charge in [0.15, 0.2) is 5.82 Å². The molecule has 6 heteroatoms. The Bertz CT molecular complexity index is 321. The Morgan fingerprint density at radius 3 is 2.93 bits per heavy atom. The van der Waals surface area contributed by atoms with E-state index >= 15 is 0 Å². The van der Waals surface area contributed by atoms with E-state index in [1.165, 1.54) is 0 Å². The smallest absolute Gasteiger partial charge is 0.239 e. The SMILES string of the molecule is CNC(=O)CNc1cc(OC)n(C)n1. The summed E-state index contributed by atoms with van der Waals surface area (Å²) in [5, 5.41) is 9.46. The molecule has 1 aromatic rings. The standard InChI is InChI=1S/C8H14N4O2/c1-9-7(13)5-10-6-4-8(14-3)12(2)11-6/h4H,5H2,1-3H3,(H,9,13)(H,10,11). The van der Waals surface area contributed by atoms with E-state index in [0.717, 1.165) is 0 Å². The number of amides is 1. The van der Waals surface area contributed by atoms with Crippen LogP contribution in [0.1, 0.15) is 0 Å². The summed E-state index contributed by atoms with van der Waals surface area (Å²) in [4.78, 5) is 10.9. The van der Waals surface area contributed by atoms with E-state index < -0.39 is 0 Å². The number of carbonyl (C=O) groups is 1. The van der Waals surface area contributed by atoms with Gasteiger partial charge in [-0.3, -0.25) is 4.79 Å². The Labute approximate surface area is 82.2 Å². The van der Waals surface area contributed by atoms with Crippen LogP contribution in [0.2, 0.25) is 0 Å². The zero-order valence-corrected chi connectivity index (χ0v) is 8.50. The van der Waals surface area contributed by atoms with Crippen LogP contribution in [0, 0.1) is 0 Å². The lowest BCUT2D eigenvalue weighted by Crippen LogP contribution is -2.26. The Balaban J connectivity index is 2.55. The third kappa shape index (κ3) is 2.38. The van der Waals surface area contributed by atoms with Crippen LogP contribution < -0.4 is 15.4 Å². The minimum atomic E-state index is -0.0883. The molecule has 0 spiro atoms. The largest absolute Gasteiger partial charge is 0.481 e. The minimum Gasteiger partial charge on any atom is -0.481 e. The molecule has 0 unspecified atom stereocenters. The summed E-state index contributed by atoms with van der Waals surface area (Å²) in [6.07, 6.45) is 0. The number of aromatic nitrogens is 2. The summed E-state index contributed by atoms with van der Waals surface area (Å²) in [5.41, 5.74) is 0. The molecule has 1 amide bonds. The molecular formula is C8H14N4O2. The van der Waals surface area contributed by atoms with Gasteiger partial charge in [-0.2, -0.15) is 5.10 Å². The van der Waals surface area contributed by atoms with E-state index in [2.05, 4.69) is 15.7 Å². The molecule has 78 valence electrons. The molecule has 0 bridgehead atoms. The first-order valence-corrected chi connectivity index (χ1v) is 4.20. The monoisotopic (exact) mass is 198 g/mol. The van der Waals surface area contributed by atoms with Crippen molar-refractivity contribution in [2.45, 2.75) is 0 Å². The summed E-state index contributed by atoms with van der Waals surface area (Å²) >= 11 is 0. The van der Waals surface area contributed by atoms with Gasteiger partial charge in [0.25, 0.3) is 0 Å². The number of anilines is 1. The molecule has 2 N–H and O–H groups in total. The van der Waals surface area contributed by atoms with Gasteiger partial charge in [0.05, 0.1) is 13.7 Å². The van der Waals surface area contributed by atoms with Crippen molar-refractivity contribution in [2.75, 3.05) is 26.0 Å². The van der Waals surface area contributed by atoms with Crippen molar-refractivity contribution in [1.82, 2.24) is 15.1 Å². The highest BCUT2D eigenvalue weighted by atomic mass is 16.5. The van der Waals surface area contributed by atoms with Gasteiger partial charge in [0.2, 0.25) is 11.8 Å². The summed E-state index contributed by atoms with van der Waals surface area (Å²) in [7, 11) is 4.92. The second-order valence-corrected chi connectivity index (χ2v) is 2.72. The lowest BCUT2D eigenvalue weighted by atomic mass is 10.5. The van der Waals surface area contributed by atoms with E-state index in [1.54, 1.807) is 32.0 Å². The number of carbonyl (C=O) groups excluding carboxylic acids is 1. The molecular weight excluding hydrogens is 184 g/mol. The van der Waals surface area contributed by atoms with E-state index in [9.17, 15) is 4.79 Å². The molecule has 14 heavy (non-hydrogen) atoms. The van der Waals surface area contributed by atoms with E-state index in [4.69, 9.17) is 4.74 Å². The molecule has 1 rings (SSSR count). The van der Waals surface area contributed by atoms with Crippen LogP contribution in [0.3, 0.4) is 0 Å². The second kappa shape index (κ2) is 4.50. The zero-order valence-electron chi connectivity index (χ0n) is 8.50. The van der Waals surface area contributed by atoms with Crippen LogP contribution in [0.4, 0.5) is 5.82 Å². The fourth-order valence-corrected chi connectivity index (χ4v) is 0.987. The number of nitrogens with one attached hydrogen (secondary N) is 2. The van der Waals surface area contributed by atoms with Crippen LogP contribution in [-0.4, -0.2) is 36.4 Å². The molecule has 0 aliphatic rings. The molecule has 6 nitrogen and oxygen atoms in total. The fraction of sp³-hybridized carbons (Fsp3) is 0.500. The summed E-state index contributed by atoms with van der Waals surface area (Å²) in [5.74, 6) is 1.17. The normalized spacial score (nSPS) is 9.64. The van der Waals surface area contributed by atoms with Gasteiger partial charge in [-0.1, -0.05) is 0 Å². The number of likely N-dealkylation sites (N-methyl/N-ethyl adjacent to an activating group) is 1. The van der Waals surface area contributed by atoms with Crippen molar-refractivity contribution in [1.29, 1.82) is 0 Å². The Morgan fingerprint density at radius 2 is 2.43 bits per heavy atom. The Morgan fingerprint density at radius 1 is 1.71 bits per heavy atom. The molecule has 0 saturated carbocycles. The highest BCUT2D eigenvalue weighted by Crippen LogP contribution is 2.14. The highest BCUT2D eigenvalue weighted by molar-refractivity contribution is 5.80. The predicted molar refractivity (Wildman–Crippen MR) is 52.3 cm³/mol. The summed E-state index contributed by atoms with van der Waals surface area (Å²) < 4.78 is 6.61. The van der Waals surface area contributed by atoms with Gasteiger partial charge in [-0.05, 0) is 0 Å². The van der Waals surface area contributed by atoms with Crippen molar-refractivity contribution in [3.8, 4) is 5.88 Å². The number of rotatable bonds is 4. The van der Waals surface area contributed by atoms with Gasteiger partial charge >= 0.3 is 0 Å². The third-order valence-corrected chi connectivity index (χ3v) is 1.75. The summed E-state index contributed by atoms with van der Waals surface area (Å²) in [6, 6.07) is 1.73. The van der Waals surface area contributed by atoms with Gasteiger partial charge in [-0.15, -0.1) is 0 Å². The average Bonchev–Trinajstić information content (AvgIpc) is 2.55. The van der Waals surface area contributed by atoms with Gasteiger partial charge in [-0.25, -0.2) is 4.68 Å². The van der Waals surface area contributed by atoms with Crippen LogP contribution in [0.25, 0.3) is 0 Å². The lowest BCUT2D eigenvalue weighted by Gasteiger charge is -1.99. The maximum absolute atomic E-state index is 10.9. The molecule has 0 radical (unpaired) electrons. The average molecular weight is 198 g/mol. The number of hydrogen-bond acceptors (Lipinski definition) is 4. The second-order valence-electron chi connectivity index (χ2n) is 2.72. The van der Waals surface area contributed by atoms with Crippen molar-refractivity contribution in [3.63, 3.8) is 0 Å². The van der Waals surface area contributed by atoms with E-state index in [0.29, 0.717) is 11.7 Å². The molecule has 0 aromatic carbocycles. The van der Waals surface area contributed by atoms with Gasteiger partial charge in [0.1, 0.15) is 0 Å². The van der Waals surface area contributed by atoms with Crippen molar-refractivity contribution in [3.05, 3.63) is 6.07 Å². The molecule has 0 aliphatic heterocycles. The summed E-state index contributed by atoms with van der Waals surface area (Å²) in [6.45, 7) is 0.205. The molecule has 0 atom stereocenters. The van der Waals surface area contributed by atoms with E-state index in [1.807, 2.05) is 0 Å². The minimum absolute atomic E-state index is 0.0883. The van der Waals surface area contributed by atoms with Gasteiger partial charge in [0, 0.05) is 20.2 Å². The lowest BCUT2D eigenvalue weighted by molar-refractivity contribution is -0.118. The third-order valence-electron chi connectivity index (χ3n) is 1.75. The first-order chi connectivity index (χ1) is 6.67. The fourth-order valence-electron chi connectivity index (χ4n) is 0.987. The molecule has 0 fully saturated rings. The Hall–Kier alpha value is -1.72. The van der Waals surface area contributed by atoms with Crippen molar-refractivity contribution in [2.24, 2.45) is 7.05 Å². The van der Waals surface area contributed by atoms with Crippen LogP contribution >= 0.6 is 0 Å². The number of nitrogens with zero attached hydrogens (tertiary/aromatic N) is 2. The molecule has 0 aliphatic carbocycles. The van der Waals surface area contributed by atoms with Crippen LogP contribution in [0.15, 0.2) is 6.07 Å². The molecule has 1 aromatic heterocycles. The zero-order chi connectivity index (χ0) is 10.6. The van der Waals surface area contributed by atoms with E-state index in [-0.39, 0.29) is 12.5 Å². The number of aryl methyl sites for hydroxylation is 1. The first-order valence-electron chi connectivity index (χ1n) is 4.20. The maximum atomic E-state index is 10.9. The quantitative estimate of drug-likeness (QED) is 0.690. The predicted octanol–water partition coefficient (Wildman–Crippen LogP) is -0.413. The number of methoxy groups -OCH3 is 1. The van der Waals surface area contributed by atoms with Crippen molar-refractivity contribution < 1.29 is 9.53 Å². The molecule has 1 heterocycles. The maximum Gasteiger partial charge on any atom is 0.239 e. The number of hydrogen-bond donors (Lipinski definition) is 2. The topological polar surface area (TPSA) is 68.2 Å².